The molecule has 0 saturated heterocycles. The molecule has 3 aromatic rings. The van der Waals surface area contributed by atoms with Crippen molar-refractivity contribution < 1.29 is 19.1 Å². The Kier molecular flexibility index (Phi) is 7.78. The molecule has 2 N–H and O–H groups in total. The monoisotopic (exact) mass is 519 g/mol. The summed E-state index contributed by atoms with van der Waals surface area (Å²) in [7, 11) is 0. The number of aromatic nitrogens is 1. The summed E-state index contributed by atoms with van der Waals surface area (Å²) in [5, 5.41) is 7.44. The Hall–Kier alpha value is -3.52. The van der Waals surface area contributed by atoms with Crippen molar-refractivity contribution in [2.45, 2.75) is 53.6 Å². The summed E-state index contributed by atoms with van der Waals surface area (Å²) in [6.07, 6.45) is 2.53. The van der Waals surface area contributed by atoms with Crippen molar-refractivity contribution in [1.82, 2.24) is 15.6 Å². The molecule has 7 nitrogen and oxygen atoms in total. The summed E-state index contributed by atoms with van der Waals surface area (Å²) in [5.41, 5.74) is 3.86. The van der Waals surface area contributed by atoms with Gasteiger partial charge in [0.2, 0.25) is 0 Å². The number of fused-ring (bicyclic) bond motifs is 2. The largest absolute Gasteiger partial charge is 0.449 e. The van der Waals surface area contributed by atoms with Crippen LogP contribution in [0, 0.1) is 11.3 Å². The van der Waals surface area contributed by atoms with Gasteiger partial charge in [0.05, 0.1) is 16.8 Å². The summed E-state index contributed by atoms with van der Waals surface area (Å²) in [4.78, 5) is 44.1. The third kappa shape index (κ3) is 5.91. The highest BCUT2D eigenvalue weighted by atomic mass is 32.1. The predicted octanol–water partition coefficient (Wildman–Crippen LogP) is 5.84. The molecule has 2 atom stereocenters. The Morgan fingerprint density at radius 1 is 1.16 bits per heavy atom. The van der Waals surface area contributed by atoms with E-state index in [-0.39, 0.29) is 11.3 Å². The lowest BCUT2D eigenvalue weighted by molar-refractivity contribution is -0.127. The minimum atomic E-state index is -1.15. The number of nitrogens with one attached hydrogen (secondary N) is 2. The second-order valence-electron chi connectivity index (χ2n) is 10.4. The van der Waals surface area contributed by atoms with Crippen LogP contribution in [0.3, 0.4) is 0 Å². The lowest BCUT2D eigenvalue weighted by Gasteiger charge is -2.36. The van der Waals surface area contributed by atoms with E-state index >= 15 is 0 Å². The standard InChI is InChI=1S/C29H33N3O4S/c1-6-30-28(35)32-26(33)17(2)36-27(34)24-21-11-7-8-12-23(21)31-25-18(15-20-10-9-13-37-20)14-19(16-22(24)25)29(3,4)5/h7-13,15,17,19H,6,14,16H2,1-5H3,(H2,30,32,33,35)/b18-15-/t17-,19+/m0/s1. The molecule has 0 unspecified atom stereocenters. The van der Waals surface area contributed by atoms with Gasteiger partial charge in [-0.15, -0.1) is 11.3 Å². The topological polar surface area (TPSA) is 97.4 Å². The van der Waals surface area contributed by atoms with Gasteiger partial charge in [-0.05, 0) is 72.7 Å². The molecule has 4 rings (SSSR count). The van der Waals surface area contributed by atoms with Gasteiger partial charge in [0.15, 0.2) is 6.10 Å². The van der Waals surface area contributed by atoms with Crippen molar-refractivity contribution in [3.63, 3.8) is 0 Å². The second-order valence-corrected chi connectivity index (χ2v) is 11.4. The fourth-order valence-corrected chi connectivity index (χ4v) is 5.29. The minimum absolute atomic E-state index is 0.00112. The van der Waals surface area contributed by atoms with Crippen molar-refractivity contribution in [3.8, 4) is 0 Å². The molecule has 3 amide bonds. The number of ether oxygens (including phenoxy) is 1. The van der Waals surface area contributed by atoms with Gasteiger partial charge in [0, 0.05) is 16.8 Å². The van der Waals surface area contributed by atoms with Crippen LogP contribution in [-0.2, 0) is 16.0 Å². The Balaban J connectivity index is 1.80. The van der Waals surface area contributed by atoms with Crippen molar-refractivity contribution in [3.05, 3.63) is 63.5 Å². The van der Waals surface area contributed by atoms with Crippen LogP contribution in [0.1, 0.15) is 67.5 Å². The third-order valence-corrected chi connectivity index (χ3v) is 7.55. The van der Waals surface area contributed by atoms with Gasteiger partial charge in [0.1, 0.15) is 0 Å². The van der Waals surface area contributed by atoms with E-state index in [1.807, 2.05) is 35.7 Å². The highest BCUT2D eigenvalue weighted by Crippen LogP contribution is 2.45. The van der Waals surface area contributed by atoms with Crippen LogP contribution < -0.4 is 10.6 Å². The van der Waals surface area contributed by atoms with Crippen LogP contribution in [0.2, 0.25) is 0 Å². The maximum Gasteiger partial charge on any atom is 0.339 e. The number of rotatable bonds is 5. The molecule has 2 aromatic heterocycles. The molecule has 0 aliphatic heterocycles. The van der Waals surface area contributed by atoms with E-state index in [9.17, 15) is 14.4 Å². The van der Waals surface area contributed by atoms with Crippen molar-refractivity contribution in [2.24, 2.45) is 11.3 Å². The maximum atomic E-state index is 13.7. The van der Waals surface area contributed by atoms with Gasteiger partial charge in [0.25, 0.3) is 5.91 Å². The zero-order valence-corrected chi connectivity index (χ0v) is 22.7. The summed E-state index contributed by atoms with van der Waals surface area (Å²) in [6.45, 7) is 10.2. The molecule has 0 bridgehead atoms. The van der Waals surface area contributed by atoms with Gasteiger partial charge >= 0.3 is 12.0 Å². The number of carbonyl (C=O) groups is 3. The van der Waals surface area contributed by atoms with E-state index in [2.05, 4.69) is 43.5 Å². The number of carbonyl (C=O) groups excluding carboxylic acids is 3. The molecular formula is C29H33N3O4S. The van der Waals surface area contributed by atoms with Crippen molar-refractivity contribution >= 4 is 51.8 Å². The Bertz CT molecular complexity index is 1360. The van der Waals surface area contributed by atoms with Gasteiger partial charge in [-0.3, -0.25) is 10.1 Å². The van der Waals surface area contributed by atoms with E-state index in [4.69, 9.17) is 9.72 Å². The number of thiophene rings is 1. The first-order chi connectivity index (χ1) is 17.6. The van der Waals surface area contributed by atoms with Gasteiger partial charge in [-0.25, -0.2) is 14.6 Å². The number of allylic oxidation sites excluding steroid dienone is 1. The maximum absolute atomic E-state index is 13.7. The minimum Gasteiger partial charge on any atom is -0.449 e. The van der Waals surface area contributed by atoms with E-state index in [0.717, 1.165) is 28.1 Å². The van der Waals surface area contributed by atoms with Crippen LogP contribution in [0.5, 0.6) is 0 Å². The third-order valence-electron chi connectivity index (χ3n) is 6.73. The Labute approximate surface area is 221 Å². The van der Waals surface area contributed by atoms with Crippen molar-refractivity contribution in [1.29, 1.82) is 0 Å². The molecule has 0 fully saturated rings. The average Bonchev–Trinajstić information content (AvgIpc) is 3.35. The molecule has 37 heavy (non-hydrogen) atoms. The molecule has 1 aromatic carbocycles. The van der Waals surface area contributed by atoms with Crippen LogP contribution in [0.15, 0.2) is 41.8 Å². The van der Waals surface area contributed by atoms with Crippen LogP contribution in [0.25, 0.3) is 22.6 Å². The lowest BCUT2D eigenvalue weighted by Crippen LogP contribution is -2.44. The number of amides is 3. The Morgan fingerprint density at radius 3 is 2.59 bits per heavy atom. The van der Waals surface area contributed by atoms with E-state index < -0.39 is 24.0 Å². The first-order valence-corrected chi connectivity index (χ1v) is 13.4. The molecule has 0 radical (unpaired) electrons. The molecule has 1 aliphatic rings. The summed E-state index contributed by atoms with van der Waals surface area (Å²) < 4.78 is 5.64. The van der Waals surface area contributed by atoms with Gasteiger partial charge in [-0.1, -0.05) is 45.0 Å². The molecule has 194 valence electrons. The average molecular weight is 520 g/mol. The van der Waals surface area contributed by atoms with E-state index in [1.165, 1.54) is 6.92 Å². The number of nitrogens with zero attached hydrogens (tertiary/aromatic N) is 1. The highest BCUT2D eigenvalue weighted by Gasteiger charge is 2.36. The van der Waals surface area contributed by atoms with Crippen LogP contribution in [0.4, 0.5) is 4.79 Å². The molecule has 2 heterocycles. The number of para-hydroxylation sites is 1. The number of hydrogen-bond acceptors (Lipinski definition) is 6. The Morgan fingerprint density at radius 2 is 1.92 bits per heavy atom. The van der Waals surface area contributed by atoms with E-state index in [0.29, 0.717) is 29.4 Å². The zero-order chi connectivity index (χ0) is 26.7. The number of urea groups is 1. The number of hydrogen-bond donors (Lipinski definition) is 2. The molecule has 8 heteroatoms. The fraction of sp³-hybridized carbons (Fsp3) is 0.379. The number of imide groups is 1. The molecular weight excluding hydrogens is 486 g/mol. The van der Waals surface area contributed by atoms with Gasteiger partial charge in [-0.2, -0.15) is 0 Å². The normalized spacial score (nSPS) is 17.2. The van der Waals surface area contributed by atoms with E-state index in [1.54, 1.807) is 18.3 Å². The molecule has 1 aliphatic carbocycles. The number of benzene rings is 1. The second kappa shape index (κ2) is 10.8. The fourth-order valence-electron chi connectivity index (χ4n) is 4.61. The first kappa shape index (κ1) is 26.5. The van der Waals surface area contributed by atoms with Gasteiger partial charge < -0.3 is 10.1 Å². The van der Waals surface area contributed by atoms with Crippen molar-refractivity contribution in [2.75, 3.05) is 6.54 Å². The molecule has 0 saturated carbocycles. The highest BCUT2D eigenvalue weighted by molar-refractivity contribution is 7.10. The number of pyridine rings is 1. The SMILES string of the molecule is CCNC(=O)NC(=O)[C@H](C)OC(=O)c1c2c(nc3ccccc13)/C(=C\c1cccs1)C[C@@H](C(C)(C)C)C2. The quantitative estimate of drug-likeness (QED) is 0.413. The lowest BCUT2D eigenvalue weighted by atomic mass is 9.69. The smallest absolute Gasteiger partial charge is 0.339 e. The van der Waals surface area contributed by atoms with Crippen LogP contribution in [-0.4, -0.2) is 35.5 Å². The zero-order valence-electron chi connectivity index (χ0n) is 21.9. The first-order valence-electron chi connectivity index (χ1n) is 12.5. The molecule has 0 spiro atoms. The summed E-state index contributed by atoms with van der Waals surface area (Å²) in [5.74, 6) is -1.00. The summed E-state index contributed by atoms with van der Waals surface area (Å²) in [6, 6.07) is 11.0. The summed E-state index contributed by atoms with van der Waals surface area (Å²) >= 11 is 1.66. The number of esters is 1. The van der Waals surface area contributed by atoms with Crippen LogP contribution >= 0.6 is 11.3 Å². The predicted molar refractivity (Wildman–Crippen MR) is 147 cm³/mol.